The van der Waals surface area contributed by atoms with Gasteiger partial charge in [0.1, 0.15) is 11.6 Å². The predicted octanol–water partition coefficient (Wildman–Crippen LogP) is 1.73. The van der Waals surface area contributed by atoms with Gasteiger partial charge < -0.3 is 10.3 Å². The van der Waals surface area contributed by atoms with Crippen LogP contribution in [0.4, 0.5) is 5.82 Å². The van der Waals surface area contributed by atoms with Crippen molar-refractivity contribution in [1.29, 1.82) is 0 Å². The molecule has 0 radical (unpaired) electrons. The molecule has 0 aromatic carbocycles. The lowest BCUT2D eigenvalue weighted by Crippen LogP contribution is -2.08. The van der Waals surface area contributed by atoms with Gasteiger partial charge >= 0.3 is 0 Å². The molecule has 17 heavy (non-hydrogen) atoms. The lowest BCUT2D eigenvalue weighted by molar-refractivity contribution is 0.924. The molecule has 0 bridgehead atoms. The molecule has 2 aromatic rings. The van der Waals surface area contributed by atoms with Gasteiger partial charge in [0, 0.05) is 36.6 Å². The summed E-state index contributed by atoms with van der Waals surface area (Å²) in [6.45, 7) is 4.84. The number of aromatic nitrogens is 4. The highest BCUT2D eigenvalue weighted by Gasteiger charge is 2.00. The molecular weight excluding hydrogens is 214 g/mol. The first-order chi connectivity index (χ1) is 8.28. The summed E-state index contributed by atoms with van der Waals surface area (Å²) in [4.78, 5) is 15.7. The van der Waals surface area contributed by atoms with Crippen molar-refractivity contribution in [2.45, 2.75) is 26.7 Å². The first-order valence-corrected chi connectivity index (χ1v) is 5.83. The van der Waals surface area contributed by atoms with Gasteiger partial charge in [-0.05, 0) is 13.3 Å². The maximum absolute atomic E-state index is 4.35. The molecule has 0 atom stereocenters. The van der Waals surface area contributed by atoms with Crippen molar-refractivity contribution in [2.75, 3.05) is 11.9 Å². The smallest absolute Gasteiger partial charge is 0.129 e. The van der Waals surface area contributed by atoms with E-state index in [1.165, 1.54) is 0 Å². The molecule has 0 aliphatic heterocycles. The lowest BCUT2D eigenvalue weighted by atomic mass is 10.3. The van der Waals surface area contributed by atoms with Gasteiger partial charge in [0.05, 0.1) is 6.33 Å². The largest absolute Gasteiger partial charge is 0.370 e. The average Bonchev–Trinajstić information content (AvgIpc) is 2.81. The van der Waals surface area contributed by atoms with Crippen LogP contribution in [0.3, 0.4) is 0 Å². The highest BCUT2D eigenvalue weighted by atomic mass is 15.0. The summed E-state index contributed by atoms with van der Waals surface area (Å²) in [5.74, 6) is 1.71. The molecule has 0 unspecified atom stereocenters. The number of hydrogen-bond donors (Lipinski definition) is 2. The van der Waals surface area contributed by atoms with Gasteiger partial charge in [-0.25, -0.2) is 15.0 Å². The summed E-state index contributed by atoms with van der Waals surface area (Å²) in [5, 5.41) is 3.30. The Bertz CT molecular complexity index is 464. The number of aryl methyl sites for hydroxylation is 2. The Morgan fingerprint density at radius 1 is 1.35 bits per heavy atom. The molecule has 0 aliphatic carbocycles. The molecular formula is C12H17N5. The van der Waals surface area contributed by atoms with E-state index in [1.807, 2.05) is 19.2 Å². The second kappa shape index (κ2) is 5.43. The molecule has 2 heterocycles. The highest BCUT2D eigenvalue weighted by Crippen LogP contribution is 2.07. The summed E-state index contributed by atoms with van der Waals surface area (Å²) in [6.07, 6.45) is 5.37. The van der Waals surface area contributed by atoms with Gasteiger partial charge in [0.2, 0.25) is 0 Å². The zero-order valence-corrected chi connectivity index (χ0v) is 10.2. The van der Waals surface area contributed by atoms with E-state index in [0.717, 1.165) is 42.4 Å². The van der Waals surface area contributed by atoms with Crippen LogP contribution in [0.15, 0.2) is 18.6 Å². The lowest BCUT2D eigenvalue weighted by Gasteiger charge is -2.07. The Kier molecular flexibility index (Phi) is 3.69. The van der Waals surface area contributed by atoms with Crippen LogP contribution in [0.2, 0.25) is 0 Å². The first-order valence-electron chi connectivity index (χ1n) is 5.83. The van der Waals surface area contributed by atoms with E-state index in [9.17, 15) is 0 Å². The third-order valence-electron chi connectivity index (χ3n) is 2.51. The number of nitrogens with one attached hydrogen (secondary N) is 2. The number of imidazole rings is 1. The van der Waals surface area contributed by atoms with Crippen LogP contribution < -0.4 is 5.32 Å². The highest BCUT2D eigenvalue weighted by molar-refractivity contribution is 5.36. The van der Waals surface area contributed by atoms with Crippen LogP contribution >= 0.6 is 0 Å². The van der Waals surface area contributed by atoms with E-state index in [1.54, 1.807) is 6.33 Å². The first kappa shape index (κ1) is 11.6. The molecule has 2 rings (SSSR count). The minimum Gasteiger partial charge on any atom is -0.370 e. The molecule has 2 N–H and O–H groups in total. The quantitative estimate of drug-likeness (QED) is 0.822. The Balaban J connectivity index is 1.92. The fourth-order valence-corrected chi connectivity index (χ4v) is 1.65. The zero-order valence-electron chi connectivity index (χ0n) is 10.2. The molecule has 0 amide bonds. The third kappa shape index (κ3) is 3.27. The van der Waals surface area contributed by atoms with Gasteiger partial charge in [0.15, 0.2) is 0 Å². The minimum atomic E-state index is 0.813. The van der Waals surface area contributed by atoms with Crippen molar-refractivity contribution in [3.8, 4) is 0 Å². The number of nitrogens with zero attached hydrogens (tertiary/aromatic N) is 3. The van der Waals surface area contributed by atoms with Crippen LogP contribution in [0.1, 0.15) is 24.1 Å². The second-order valence-electron chi connectivity index (χ2n) is 3.90. The summed E-state index contributed by atoms with van der Waals surface area (Å²) < 4.78 is 0. The fraction of sp³-hybridized carbons (Fsp3) is 0.417. The van der Waals surface area contributed by atoms with E-state index in [2.05, 4.69) is 32.2 Å². The normalized spacial score (nSPS) is 10.5. The monoisotopic (exact) mass is 231 g/mol. The van der Waals surface area contributed by atoms with Crippen molar-refractivity contribution in [3.05, 3.63) is 35.8 Å². The van der Waals surface area contributed by atoms with Crippen molar-refractivity contribution < 1.29 is 0 Å². The van der Waals surface area contributed by atoms with E-state index in [0.29, 0.717) is 0 Å². The minimum absolute atomic E-state index is 0.813. The second-order valence-corrected chi connectivity index (χ2v) is 3.90. The molecule has 5 nitrogen and oxygen atoms in total. The van der Waals surface area contributed by atoms with E-state index < -0.39 is 0 Å². The van der Waals surface area contributed by atoms with Crippen LogP contribution in [-0.2, 0) is 12.8 Å². The maximum Gasteiger partial charge on any atom is 0.129 e. The van der Waals surface area contributed by atoms with Crippen molar-refractivity contribution >= 4 is 5.82 Å². The third-order valence-corrected chi connectivity index (χ3v) is 2.51. The molecule has 0 saturated heterocycles. The van der Waals surface area contributed by atoms with E-state index in [4.69, 9.17) is 0 Å². The Labute approximate surface area is 101 Å². The number of rotatable bonds is 5. The molecule has 0 spiro atoms. The van der Waals surface area contributed by atoms with E-state index in [-0.39, 0.29) is 0 Å². The van der Waals surface area contributed by atoms with Gasteiger partial charge in [-0.3, -0.25) is 0 Å². The number of aromatic amines is 1. The fourth-order valence-electron chi connectivity index (χ4n) is 1.65. The SMILES string of the molecule is CCc1cc(NCCc2cnc[nH]2)nc(C)n1. The number of H-pyrrole nitrogens is 1. The van der Waals surface area contributed by atoms with Gasteiger partial charge in [-0.1, -0.05) is 6.92 Å². The standard InChI is InChI=1S/C12H17N5/c1-3-10-6-12(17-9(2)16-10)14-5-4-11-7-13-8-15-11/h6-8H,3-5H2,1-2H3,(H,13,15)(H,14,16,17). The molecule has 0 fully saturated rings. The van der Waals surface area contributed by atoms with Crippen molar-refractivity contribution in [2.24, 2.45) is 0 Å². The zero-order chi connectivity index (χ0) is 12.1. The Hall–Kier alpha value is -1.91. The molecule has 5 heteroatoms. The van der Waals surface area contributed by atoms with Crippen molar-refractivity contribution in [1.82, 2.24) is 19.9 Å². The van der Waals surface area contributed by atoms with Crippen LogP contribution in [0.25, 0.3) is 0 Å². The summed E-state index contributed by atoms with van der Waals surface area (Å²) in [5.41, 5.74) is 2.19. The summed E-state index contributed by atoms with van der Waals surface area (Å²) in [6, 6.07) is 2.00. The van der Waals surface area contributed by atoms with Gasteiger partial charge in [-0.15, -0.1) is 0 Å². The number of hydrogen-bond acceptors (Lipinski definition) is 4. The van der Waals surface area contributed by atoms with Gasteiger partial charge in [-0.2, -0.15) is 0 Å². The predicted molar refractivity (Wildman–Crippen MR) is 66.9 cm³/mol. The molecule has 90 valence electrons. The molecule has 0 aliphatic rings. The Morgan fingerprint density at radius 2 is 2.24 bits per heavy atom. The maximum atomic E-state index is 4.35. The van der Waals surface area contributed by atoms with E-state index >= 15 is 0 Å². The van der Waals surface area contributed by atoms with Crippen LogP contribution in [0, 0.1) is 6.92 Å². The van der Waals surface area contributed by atoms with Crippen LogP contribution in [-0.4, -0.2) is 26.5 Å². The molecule has 2 aromatic heterocycles. The summed E-state index contributed by atoms with van der Waals surface area (Å²) >= 11 is 0. The average molecular weight is 231 g/mol. The topological polar surface area (TPSA) is 66.5 Å². The number of anilines is 1. The van der Waals surface area contributed by atoms with Crippen LogP contribution in [0.5, 0.6) is 0 Å². The van der Waals surface area contributed by atoms with Crippen molar-refractivity contribution in [3.63, 3.8) is 0 Å². The summed E-state index contributed by atoms with van der Waals surface area (Å²) in [7, 11) is 0. The molecule has 0 saturated carbocycles. The van der Waals surface area contributed by atoms with Gasteiger partial charge in [0.25, 0.3) is 0 Å². The Morgan fingerprint density at radius 3 is 2.94 bits per heavy atom.